The van der Waals surface area contributed by atoms with Crippen molar-refractivity contribution in [3.8, 4) is 0 Å². The second kappa shape index (κ2) is 7.97. The third kappa shape index (κ3) is 4.46. The number of aliphatic carboxylic acids is 1. The smallest absolute Gasteiger partial charge is 0.408 e. The van der Waals surface area contributed by atoms with E-state index in [-0.39, 0.29) is 13.0 Å². The fourth-order valence-electron chi connectivity index (χ4n) is 2.24. The second-order valence-corrected chi connectivity index (χ2v) is 5.33. The Hall–Kier alpha value is -3.08. The third-order valence-electron chi connectivity index (χ3n) is 3.59. The number of rotatable bonds is 7. The summed E-state index contributed by atoms with van der Waals surface area (Å²) in [6, 6.07) is 18.2. The molecule has 0 aliphatic heterocycles. The minimum Gasteiger partial charge on any atom is -0.479 e. The maximum atomic E-state index is 12.0. The number of hydrogen-bond donors (Lipinski definition) is 2. The van der Waals surface area contributed by atoms with Gasteiger partial charge in [0.2, 0.25) is 0 Å². The van der Waals surface area contributed by atoms with Crippen LogP contribution in [0.15, 0.2) is 73.3 Å². The topological polar surface area (TPSA) is 75.6 Å². The summed E-state index contributed by atoms with van der Waals surface area (Å²) in [6.45, 7) is 3.63. The number of amides is 1. The van der Waals surface area contributed by atoms with Crippen molar-refractivity contribution in [3.63, 3.8) is 0 Å². The highest BCUT2D eigenvalue weighted by Crippen LogP contribution is 2.16. The molecular weight excluding hydrogens is 306 g/mol. The van der Waals surface area contributed by atoms with Gasteiger partial charge in [0.05, 0.1) is 0 Å². The molecule has 0 heterocycles. The van der Waals surface area contributed by atoms with Crippen LogP contribution in [0.4, 0.5) is 4.79 Å². The first-order chi connectivity index (χ1) is 11.6. The van der Waals surface area contributed by atoms with E-state index in [0.717, 1.165) is 11.1 Å². The number of carboxylic acid groups (broad SMARTS) is 1. The summed E-state index contributed by atoms with van der Waals surface area (Å²) < 4.78 is 5.11. The Morgan fingerprint density at radius 2 is 1.58 bits per heavy atom. The van der Waals surface area contributed by atoms with E-state index in [2.05, 4.69) is 11.9 Å². The van der Waals surface area contributed by atoms with E-state index in [1.54, 1.807) is 24.3 Å². The van der Waals surface area contributed by atoms with Crippen LogP contribution in [-0.2, 0) is 22.6 Å². The first-order valence-electron chi connectivity index (χ1n) is 7.45. The first-order valence-corrected chi connectivity index (χ1v) is 7.45. The Morgan fingerprint density at radius 3 is 2.08 bits per heavy atom. The zero-order valence-electron chi connectivity index (χ0n) is 13.1. The van der Waals surface area contributed by atoms with Gasteiger partial charge in [-0.05, 0) is 11.1 Å². The number of carbonyl (C=O) groups is 2. The maximum Gasteiger partial charge on any atom is 0.408 e. The lowest BCUT2D eigenvalue weighted by Crippen LogP contribution is -2.54. The molecule has 1 amide bonds. The lowest BCUT2D eigenvalue weighted by Gasteiger charge is -2.26. The standard InChI is InChI=1S/C19H19NO4/c1-2-19(17(21)22,13-15-9-5-3-6-10-15)20-18(23)24-14-16-11-7-4-8-12-16/h2-12H,1,13-14H2,(H,20,23)(H,21,22)/t19-/m0/s1. The fraction of sp³-hybridized carbons (Fsp3) is 0.158. The van der Waals surface area contributed by atoms with E-state index in [4.69, 9.17) is 4.74 Å². The van der Waals surface area contributed by atoms with Crippen LogP contribution in [0.25, 0.3) is 0 Å². The fourth-order valence-corrected chi connectivity index (χ4v) is 2.24. The molecule has 0 bridgehead atoms. The third-order valence-corrected chi connectivity index (χ3v) is 3.59. The average Bonchev–Trinajstić information content (AvgIpc) is 2.61. The summed E-state index contributed by atoms with van der Waals surface area (Å²) in [5, 5.41) is 12.0. The highest BCUT2D eigenvalue weighted by molar-refractivity contribution is 5.87. The van der Waals surface area contributed by atoms with E-state index in [1.807, 2.05) is 36.4 Å². The van der Waals surface area contributed by atoms with Gasteiger partial charge in [0, 0.05) is 6.42 Å². The van der Waals surface area contributed by atoms with E-state index in [9.17, 15) is 14.7 Å². The van der Waals surface area contributed by atoms with Crippen LogP contribution in [0.2, 0.25) is 0 Å². The van der Waals surface area contributed by atoms with Gasteiger partial charge in [0.15, 0.2) is 5.54 Å². The molecule has 2 rings (SSSR count). The van der Waals surface area contributed by atoms with Gasteiger partial charge in [0.1, 0.15) is 6.61 Å². The minimum absolute atomic E-state index is 0.0604. The summed E-state index contributed by atoms with van der Waals surface area (Å²) in [5.74, 6) is -1.20. The molecule has 24 heavy (non-hydrogen) atoms. The molecule has 0 spiro atoms. The highest BCUT2D eigenvalue weighted by atomic mass is 16.5. The lowest BCUT2D eigenvalue weighted by molar-refractivity contribution is -0.142. The first kappa shape index (κ1) is 17.3. The molecule has 0 aliphatic carbocycles. The Balaban J connectivity index is 2.06. The molecule has 0 aliphatic rings. The van der Waals surface area contributed by atoms with Crippen molar-refractivity contribution in [2.45, 2.75) is 18.6 Å². The van der Waals surface area contributed by atoms with Crippen LogP contribution in [0.5, 0.6) is 0 Å². The Labute approximate surface area is 140 Å². The van der Waals surface area contributed by atoms with Crippen molar-refractivity contribution in [1.29, 1.82) is 0 Å². The van der Waals surface area contributed by atoms with E-state index in [0.29, 0.717) is 0 Å². The molecule has 5 nitrogen and oxygen atoms in total. The quantitative estimate of drug-likeness (QED) is 0.767. The molecule has 2 aromatic rings. The van der Waals surface area contributed by atoms with Crippen molar-refractivity contribution >= 4 is 12.1 Å². The van der Waals surface area contributed by atoms with E-state index in [1.165, 1.54) is 6.08 Å². The molecule has 0 fully saturated rings. The SMILES string of the molecule is C=C[C@@](Cc1ccccc1)(NC(=O)OCc1ccccc1)C(=O)O. The van der Waals surface area contributed by atoms with Crippen LogP contribution < -0.4 is 5.32 Å². The van der Waals surface area contributed by atoms with E-state index >= 15 is 0 Å². The van der Waals surface area contributed by atoms with Gasteiger partial charge >= 0.3 is 12.1 Å². The molecule has 5 heteroatoms. The molecule has 2 N–H and O–H groups in total. The van der Waals surface area contributed by atoms with Crippen LogP contribution >= 0.6 is 0 Å². The van der Waals surface area contributed by atoms with Gasteiger partial charge in [-0.3, -0.25) is 0 Å². The normalized spacial score (nSPS) is 12.7. The van der Waals surface area contributed by atoms with Gasteiger partial charge in [-0.2, -0.15) is 0 Å². The number of nitrogens with one attached hydrogen (secondary N) is 1. The van der Waals surface area contributed by atoms with Crippen LogP contribution in [0.1, 0.15) is 11.1 Å². The molecule has 1 atom stereocenters. The minimum atomic E-state index is -1.63. The molecule has 0 saturated carbocycles. The molecule has 0 aromatic heterocycles. The lowest BCUT2D eigenvalue weighted by atomic mass is 9.91. The molecule has 0 saturated heterocycles. The molecule has 2 aromatic carbocycles. The number of alkyl carbamates (subject to hydrolysis) is 1. The number of hydrogen-bond acceptors (Lipinski definition) is 3. The van der Waals surface area contributed by atoms with Crippen LogP contribution in [-0.4, -0.2) is 22.7 Å². The monoisotopic (exact) mass is 325 g/mol. The van der Waals surface area contributed by atoms with Crippen molar-refractivity contribution in [1.82, 2.24) is 5.32 Å². The van der Waals surface area contributed by atoms with Gasteiger partial charge in [0.25, 0.3) is 0 Å². The van der Waals surface area contributed by atoms with Crippen LogP contribution in [0.3, 0.4) is 0 Å². The Kier molecular flexibility index (Phi) is 5.73. The zero-order valence-corrected chi connectivity index (χ0v) is 13.1. The maximum absolute atomic E-state index is 12.0. The van der Waals surface area contributed by atoms with E-state index < -0.39 is 17.6 Å². The summed E-state index contributed by atoms with van der Waals surface area (Å²) in [4.78, 5) is 23.8. The van der Waals surface area contributed by atoms with Crippen molar-refractivity contribution in [3.05, 3.63) is 84.4 Å². The van der Waals surface area contributed by atoms with Crippen molar-refractivity contribution in [2.24, 2.45) is 0 Å². The summed E-state index contributed by atoms with van der Waals surface area (Å²) in [5.41, 5.74) is -0.0480. The predicted molar refractivity (Wildman–Crippen MR) is 90.5 cm³/mol. The number of carboxylic acids is 1. The summed E-state index contributed by atoms with van der Waals surface area (Å²) >= 11 is 0. The predicted octanol–water partition coefficient (Wildman–Crippen LogP) is 3.16. The van der Waals surface area contributed by atoms with Gasteiger partial charge < -0.3 is 15.2 Å². The molecule has 0 unspecified atom stereocenters. The summed E-state index contributed by atoms with van der Waals surface area (Å²) in [6.07, 6.45) is 0.483. The van der Waals surface area contributed by atoms with Crippen molar-refractivity contribution < 1.29 is 19.4 Å². The highest BCUT2D eigenvalue weighted by Gasteiger charge is 2.37. The van der Waals surface area contributed by atoms with Gasteiger partial charge in [-0.1, -0.05) is 66.7 Å². The number of benzene rings is 2. The Morgan fingerprint density at radius 1 is 1.04 bits per heavy atom. The van der Waals surface area contributed by atoms with Gasteiger partial charge in [-0.25, -0.2) is 9.59 Å². The van der Waals surface area contributed by atoms with Crippen LogP contribution in [0, 0.1) is 0 Å². The Bertz CT molecular complexity index is 700. The molecule has 0 radical (unpaired) electrons. The zero-order chi connectivity index (χ0) is 17.4. The van der Waals surface area contributed by atoms with Gasteiger partial charge in [-0.15, -0.1) is 6.58 Å². The largest absolute Gasteiger partial charge is 0.479 e. The number of carbonyl (C=O) groups excluding carboxylic acids is 1. The molecule has 124 valence electrons. The number of ether oxygens (including phenoxy) is 1. The average molecular weight is 325 g/mol. The molecular formula is C19H19NO4. The second-order valence-electron chi connectivity index (χ2n) is 5.33. The summed E-state index contributed by atoms with van der Waals surface area (Å²) in [7, 11) is 0. The van der Waals surface area contributed by atoms with Crippen molar-refractivity contribution in [2.75, 3.05) is 0 Å².